The number of aliphatic hydroxyl groups excluding tert-OH is 1. The van der Waals surface area contributed by atoms with E-state index in [4.69, 9.17) is 5.73 Å². The number of rotatable bonds is 2. The van der Waals surface area contributed by atoms with Crippen LogP contribution in [-0.2, 0) is 0 Å². The van der Waals surface area contributed by atoms with Crippen molar-refractivity contribution in [2.75, 3.05) is 18.5 Å². The van der Waals surface area contributed by atoms with Crippen LogP contribution in [0.2, 0.25) is 0 Å². The van der Waals surface area contributed by atoms with Crippen LogP contribution >= 0.6 is 0 Å². The molecule has 0 amide bonds. The number of para-hydroxylation sites is 1. The molecule has 1 aromatic carbocycles. The lowest BCUT2D eigenvalue weighted by molar-refractivity contribution is 0.252. The zero-order chi connectivity index (χ0) is 9.97. The zero-order valence-electron chi connectivity index (χ0n) is 8.11. The average molecular weight is 192 g/mol. The summed E-state index contributed by atoms with van der Waals surface area (Å²) in [6, 6.07) is 8.41. The van der Waals surface area contributed by atoms with Gasteiger partial charge in [0.2, 0.25) is 0 Å². The first kappa shape index (κ1) is 9.49. The lowest BCUT2D eigenvalue weighted by atomic mass is 9.87. The minimum atomic E-state index is 0.204. The summed E-state index contributed by atoms with van der Waals surface area (Å²) in [4.78, 5) is 0. The van der Waals surface area contributed by atoms with Crippen molar-refractivity contribution in [2.24, 2.45) is 5.73 Å². The Hall–Kier alpha value is -1.06. The minimum Gasteiger partial charge on any atom is -0.396 e. The van der Waals surface area contributed by atoms with E-state index in [-0.39, 0.29) is 12.5 Å². The number of fused-ring (bicyclic) bond motifs is 1. The van der Waals surface area contributed by atoms with Crippen molar-refractivity contribution >= 4 is 5.69 Å². The van der Waals surface area contributed by atoms with Gasteiger partial charge >= 0.3 is 0 Å². The third kappa shape index (κ3) is 1.61. The lowest BCUT2D eigenvalue weighted by Crippen LogP contribution is -2.35. The monoisotopic (exact) mass is 192 g/mol. The van der Waals surface area contributed by atoms with E-state index in [0.717, 1.165) is 12.1 Å². The maximum Gasteiger partial charge on any atom is 0.0501 e. The molecule has 0 spiro atoms. The highest BCUT2D eigenvalue weighted by Crippen LogP contribution is 2.33. The predicted molar refractivity (Wildman–Crippen MR) is 57.4 cm³/mol. The van der Waals surface area contributed by atoms with Crippen molar-refractivity contribution in [2.45, 2.75) is 18.4 Å². The molecule has 1 aliphatic heterocycles. The highest BCUT2D eigenvalue weighted by Gasteiger charge is 2.24. The van der Waals surface area contributed by atoms with Crippen molar-refractivity contribution < 1.29 is 5.11 Å². The van der Waals surface area contributed by atoms with Gasteiger partial charge in [-0.05, 0) is 18.1 Å². The second-order valence-electron chi connectivity index (χ2n) is 3.78. The fourth-order valence-corrected chi connectivity index (χ4v) is 2.06. The molecular weight excluding hydrogens is 176 g/mol. The third-order valence-corrected chi connectivity index (χ3v) is 2.83. The quantitative estimate of drug-likeness (QED) is 0.652. The van der Waals surface area contributed by atoms with Crippen LogP contribution in [0.15, 0.2) is 24.3 Å². The van der Waals surface area contributed by atoms with E-state index in [1.807, 2.05) is 18.2 Å². The van der Waals surface area contributed by atoms with E-state index in [2.05, 4.69) is 11.4 Å². The fraction of sp³-hybridized carbons (Fsp3) is 0.455. The molecular formula is C11H16N2O. The Morgan fingerprint density at radius 1 is 1.43 bits per heavy atom. The highest BCUT2D eigenvalue weighted by molar-refractivity contribution is 5.55. The molecule has 3 nitrogen and oxygen atoms in total. The molecule has 0 radical (unpaired) electrons. The van der Waals surface area contributed by atoms with Crippen molar-refractivity contribution in [1.29, 1.82) is 0 Å². The van der Waals surface area contributed by atoms with Crippen LogP contribution in [0.4, 0.5) is 5.69 Å². The number of nitrogens with one attached hydrogen (secondary N) is 1. The molecule has 2 unspecified atom stereocenters. The van der Waals surface area contributed by atoms with Gasteiger partial charge in [0.05, 0.1) is 6.61 Å². The summed E-state index contributed by atoms with van der Waals surface area (Å²) in [6.07, 6.45) is 0.921. The molecule has 1 heterocycles. The molecule has 14 heavy (non-hydrogen) atoms. The SMILES string of the molecule is NCC1CC(CO)c2ccccc2N1. The first-order chi connectivity index (χ1) is 6.85. The molecule has 1 aliphatic rings. The van der Waals surface area contributed by atoms with Gasteiger partial charge in [0.25, 0.3) is 0 Å². The number of benzene rings is 1. The smallest absolute Gasteiger partial charge is 0.0501 e. The number of nitrogens with two attached hydrogens (primary N) is 1. The maximum atomic E-state index is 9.28. The molecule has 0 fully saturated rings. The zero-order valence-corrected chi connectivity index (χ0v) is 8.11. The van der Waals surface area contributed by atoms with E-state index in [1.165, 1.54) is 5.56 Å². The molecule has 76 valence electrons. The first-order valence-corrected chi connectivity index (χ1v) is 5.01. The molecule has 3 heteroatoms. The third-order valence-electron chi connectivity index (χ3n) is 2.83. The number of anilines is 1. The van der Waals surface area contributed by atoms with E-state index < -0.39 is 0 Å². The van der Waals surface area contributed by atoms with Gasteiger partial charge in [0.15, 0.2) is 0 Å². The Balaban J connectivity index is 2.31. The minimum absolute atomic E-state index is 0.204. The van der Waals surface area contributed by atoms with Crippen LogP contribution in [0.5, 0.6) is 0 Å². The predicted octanol–water partition coefficient (Wildman–Crippen LogP) is 0.905. The van der Waals surface area contributed by atoms with Gasteiger partial charge in [0, 0.05) is 24.2 Å². The van der Waals surface area contributed by atoms with Gasteiger partial charge in [-0.1, -0.05) is 18.2 Å². The normalized spacial score (nSPS) is 25.3. The van der Waals surface area contributed by atoms with Gasteiger partial charge in [-0.15, -0.1) is 0 Å². The summed E-state index contributed by atoms with van der Waals surface area (Å²) in [7, 11) is 0. The molecule has 0 aromatic heterocycles. The standard InChI is InChI=1S/C11H16N2O/c12-6-9-5-8(7-14)10-3-1-2-4-11(10)13-9/h1-4,8-9,13-14H,5-7,12H2. The van der Waals surface area contributed by atoms with Crippen LogP contribution in [0.25, 0.3) is 0 Å². The number of hydrogen-bond acceptors (Lipinski definition) is 3. The largest absolute Gasteiger partial charge is 0.396 e. The van der Waals surface area contributed by atoms with E-state index >= 15 is 0 Å². The van der Waals surface area contributed by atoms with Crippen molar-refractivity contribution in [3.8, 4) is 0 Å². The second kappa shape index (κ2) is 3.98. The van der Waals surface area contributed by atoms with Crippen molar-refractivity contribution in [3.63, 3.8) is 0 Å². The van der Waals surface area contributed by atoms with Crippen molar-refractivity contribution in [3.05, 3.63) is 29.8 Å². The average Bonchev–Trinajstić information content (AvgIpc) is 2.27. The fourth-order valence-electron chi connectivity index (χ4n) is 2.06. The number of aliphatic hydroxyl groups is 1. The summed E-state index contributed by atoms with van der Waals surface area (Å²) in [5.74, 6) is 0.237. The topological polar surface area (TPSA) is 58.3 Å². The first-order valence-electron chi connectivity index (χ1n) is 5.01. The Morgan fingerprint density at radius 2 is 2.21 bits per heavy atom. The van der Waals surface area contributed by atoms with E-state index in [1.54, 1.807) is 0 Å². The Bertz CT molecular complexity index is 314. The van der Waals surface area contributed by atoms with Gasteiger partial charge in [-0.25, -0.2) is 0 Å². The molecule has 0 aliphatic carbocycles. The maximum absolute atomic E-state index is 9.28. The molecule has 1 aromatic rings. The number of hydrogen-bond donors (Lipinski definition) is 3. The van der Waals surface area contributed by atoms with E-state index in [0.29, 0.717) is 12.6 Å². The molecule has 0 saturated heterocycles. The summed E-state index contributed by atoms with van der Waals surface area (Å²) < 4.78 is 0. The van der Waals surface area contributed by atoms with Crippen molar-refractivity contribution in [1.82, 2.24) is 0 Å². The van der Waals surface area contributed by atoms with Gasteiger partial charge in [0.1, 0.15) is 0 Å². The summed E-state index contributed by atoms with van der Waals surface area (Å²) in [5, 5.41) is 12.7. The van der Waals surface area contributed by atoms with Gasteiger partial charge in [-0.3, -0.25) is 0 Å². The molecule has 0 bridgehead atoms. The summed E-state index contributed by atoms with van der Waals surface area (Å²) in [5.41, 5.74) is 7.96. The van der Waals surface area contributed by atoms with E-state index in [9.17, 15) is 5.11 Å². The summed E-state index contributed by atoms with van der Waals surface area (Å²) >= 11 is 0. The Morgan fingerprint density at radius 3 is 2.93 bits per heavy atom. The molecule has 2 atom stereocenters. The summed E-state index contributed by atoms with van der Waals surface area (Å²) in [6.45, 7) is 0.819. The Labute approximate surface area is 83.9 Å². The Kier molecular flexibility index (Phi) is 2.70. The van der Waals surface area contributed by atoms with Gasteiger partial charge in [-0.2, -0.15) is 0 Å². The van der Waals surface area contributed by atoms with Crippen LogP contribution in [0.1, 0.15) is 17.9 Å². The van der Waals surface area contributed by atoms with Crippen LogP contribution in [0, 0.1) is 0 Å². The molecule has 0 saturated carbocycles. The van der Waals surface area contributed by atoms with Gasteiger partial charge < -0.3 is 16.2 Å². The second-order valence-corrected chi connectivity index (χ2v) is 3.78. The van der Waals surface area contributed by atoms with Crippen LogP contribution in [0.3, 0.4) is 0 Å². The molecule has 2 rings (SSSR count). The molecule has 4 N–H and O–H groups in total. The lowest BCUT2D eigenvalue weighted by Gasteiger charge is -2.31. The van der Waals surface area contributed by atoms with Crippen LogP contribution in [-0.4, -0.2) is 24.3 Å². The highest BCUT2D eigenvalue weighted by atomic mass is 16.3. The van der Waals surface area contributed by atoms with Crippen LogP contribution < -0.4 is 11.1 Å².